The number of alkyl halides is 1. The molecule has 3 aromatic rings. The Kier molecular flexibility index (Phi) is 8.94. The number of nitrogens with one attached hydrogen (secondary N) is 1. The molecule has 7 heterocycles. The third-order valence-electron chi connectivity index (χ3n) is 10.6. The van der Waals surface area contributed by atoms with Crippen LogP contribution in [0.2, 0.25) is 0 Å². The van der Waals surface area contributed by atoms with Crippen molar-refractivity contribution in [3.63, 3.8) is 0 Å². The average Bonchev–Trinajstić information content (AvgIpc) is 3.55. The third kappa shape index (κ3) is 6.55. The largest absolute Gasteiger partial charge is 0.390 e. The highest BCUT2D eigenvalue weighted by atomic mass is 32.2. The number of likely N-dealkylation sites (tertiary alicyclic amines) is 1. The molecular weight excluding hydrogens is 651 g/mol. The van der Waals surface area contributed by atoms with Crippen LogP contribution in [0.15, 0.2) is 43.4 Å². The van der Waals surface area contributed by atoms with Crippen LogP contribution in [0, 0.1) is 5.92 Å². The second kappa shape index (κ2) is 13.1. The first-order chi connectivity index (χ1) is 23.5. The Hall–Kier alpha value is -3.95. The fraction of sp³-hybridized carbons (Fsp3) is 0.559. The molecule has 0 radical (unpaired) electrons. The van der Waals surface area contributed by atoms with E-state index in [1.807, 2.05) is 17.2 Å². The minimum Gasteiger partial charge on any atom is -0.390 e. The monoisotopic (exact) mass is 694 g/mol. The number of aliphatic hydroxyl groups is 1. The summed E-state index contributed by atoms with van der Waals surface area (Å²) in [6.45, 7) is 7.73. The number of nitrogens with zero attached hydrogens (tertiary/aromatic N) is 7. The lowest BCUT2D eigenvalue weighted by molar-refractivity contribution is -0.126. The quantitative estimate of drug-likeness (QED) is 0.333. The van der Waals surface area contributed by atoms with Gasteiger partial charge in [-0.1, -0.05) is 6.58 Å². The molecule has 5 atom stereocenters. The Labute approximate surface area is 285 Å². The van der Waals surface area contributed by atoms with Crippen LogP contribution in [0.25, 0.3) is 10.8 Å². The van der Waals surface area contributed by atoms with Gasteiger partial charge in [0.05, 0.1) is 35.3 Å². The van der Waals surface area contributed by atoms with Crippen LogP contribution in [0.3, 0.4) is 0 Å². The minimum atomic E-state index is -3.30. The summed E-state index contributed by atoms with van der Waals surface area (Å²) in [4.78, 5) is 37.1. The molecule has 7 rings (SSSR count). The zero-order chi connectivity index (χ0) is 34.5. The molecule has 0 saturated carbocycles. The summed E-state index contributed by atoms with van der Waals surface area (Å²) in [5.41, 5.74) is -0.105. The number of pyridine rings is 2. The van der Waals surface area contributed by atoms with Crippen LogP contribution < -0.4 is 15.1 Å². The van der Waals surface area contributed by atoms with Gasteiger partial charge in [-0.2, -0.15) is 4.98 Å². The van der Waals surface area contributed by atoms with Crippen molar-refractivity contribution in [2.75, 3.05) is 60.7 Å². The summed E-state index contributed by atoms with van der Waals surface area (Å²) in [6.07, 6.45) is 7.59. The van der Waals surface area contributed by atoms with Gasteiger partial charge in [-0.15, -0.1) is 0 Å². The van der Waals surface area contributed by atoms with E-state index in [0.717, 1.165) is 29.2 Å². The van der Waals surface area contributed by atoms with Gasteiger partial charge >= 0.3 is 0 Å². The summed E-state index contributed by atoms with van der Waals surface area (Å²) in [7, 11) is -1.78. The van der Waals surface area contributed by atoms with Crippen LogP contribution in [0.5, 0.6) is 0 Å². The Morgan fingerprint density at radius 2 is 1.94 bits per heavy atom. The van der Waals surface area contributed by atoms with E-state index in [9.17, 15) is 22.7 Å². The van der Waals surface area contributed by atoms with Crippen molar-refractivity contribution in [2.45, 2.75) is 68.2 Å². The molecule has 2 N–H and O–H groups in total. The maximum atomic E-state index is 14.6. The number of ether oxygens (including phenoxy) is 1. The number of halogens is 1. The molecule has 3 aromatic heterocycles. The van der Waals surface area contributed by atoms with Gasteiger partial charge in [0.2, 0.25) is 11.9 Å². The van der Waals surface area contributed by atoms with Crippen LogP contribution in [0.1, 0.15) is 50.6 Å². The molecule has 1 amide bonds. The molecule has 4 saturated heterocycles. The number of rotatable bonds is 8. The molecule has 49 heavy (non-hydrogen) atoms. The van der Waals surface area contributed by atoms with Crippen molar-refractivity contribution in [1.29, 1.82) is 0 Å². The van der Waals surface area contributed by atoms with E-state index in [1.165, 1.54) is 13.2 Å². The lowest BCUT2D eigenvalue weighted by Gasteiger charge is -2.47. The highest BCUT2D eigenvalue weighted by Crippen LogP contribution is 2.42. The average molecular weight is 695 g/mol. The molecule has 262 valence electrons. The van der Waals surface area contributed by atoms with E-state index in [4.69, 9.17) is 14.7 Å². The molecule has 0 aromatic carbocycles. The van der Waals surface area contributed by atoms with Crippen molar-refractivity contribution in [1.82, 2.24) is 24.8 Å². The highest BCUT2D eigenvalue weighted by Gasteiger charge is 2.48. The molecule has 3 unspecified atom stereocenters. The molecule has 4 fully saturated rings. The van der Waals surface area contributed by atoms with E-state index in [2.05, 4.69) is 26.8 Å². The van der Waals surface area contributed by atoms with E-state index in [1.54, 1.807) is 30.3 Å². The number of amides is 1. The number of anilines is 4. The number of sulfone groups is 1. The van der Waals surface area contributed by atoms with E-state index >= 15 is 0 Å². The van der Waals surface area contributed by atoms with Gasteiger partial charge in [-0.3, -0.25) is 4.79 Å². The first-order valence-electron chi connectivity index (χ1n) is 16.9. The lowest BCUT2D eigenvalue weighted by atomic mass is 9.86. The normalized spacial score (nSPS) is 28.8. The molecule has 0 aliphatic carbocycles. The molecule has 0 spiro atoms. The topological polar surface area (TPSA) is 154 Å². The van der Waals surface area contributed by atoms with Crippen molar-refractivity contribution in [3.05, 3.63) is 48.9 Å². The van der Waals surface area contributed by atoms with E-state index in [0.29, 0.717) is 56.0 Å². The second-order valence-electron chi connectivity index (χ2n) is 14.0. The summed E-state index contributed by atoms with van der Waals surface area (Å²) in [6, 6.07) is 3.45. The zero-order valence-electron chi connectivity index (χ0n) is 27.8. The lowest BCUT2D eigenvalue weighted by Crippen LogP contribution is -2.58. The molecule has 4 aliphatic heterocycles. The zero-order valence-corrected chi connectivity index (χ0v) is 28.6. The number of hydrogen-bond acceptors (Lipinski definition) is 12. The summed E-state index contributed by atoms with van der Waals surface area (Å²) >= 11 is 0. The van der Waals surface area contributed by atoms with Crippen molar-refractivity contribution in [2.24, 2.45) is 5.92 Å². The minimum absolute atomic E-state index is 0.00539. The summed E-state index contributed by atoms with van der Waals surface area (Å²) in [5, 5.41) is 15.0. The van der Waals surface area contributed by atoms with Gasteiger partial charge in [-0.25, -0.2) is 27.8 Å². The Morgan fingerprint density at radius 1 is 1.12 bits per heavy atom. The first kappa shape index (κ1) is 33.5. The number of aromatic nitrogens is 4. The van der Waals surface area contributed by atoms with Crippen LogP contribution in [-0.2, 0) is 19.4 Å². The number of methoxy groups -OCH3 is 1. The number of fused-ring (bicyclic) bond motifs is 1. The number of piperidine rings is 1. The maximum absolute atomic E-state index is 14.6. The van der Waals surface area contributed by atoms with E-state index < -0.39 is 33.0 Å². The highest BCUT2D eigenvalue weighted by molar-refractivity contribution is 7.92. The Morgan fingerprint density at radius 3 is 2.69 bits per heavy atom. The van der Waals surface area contributed by atoms with Crippen molar-refractivity contribution >= 4 is 49.9 Å². The second-order valence-corrected chi connectivity index (χ2v) is 16.3. The third-order valence-corrected chi connectivity index (χ3v) is 12.8. The van der Waals surface area contributed by atoms with Crippen molar-refractivity contribution < 1.29 is 27.4 Å². The van der Waals surface area contributed by atoms with Gasteiger partial charge in [-0.05, 0) is 62.6 Å². The van der Waals surface area contributed by atoms with Crippen LogP contribution >= 0.6 is 0 Å². The molecule has 13 nitrogen and oxygen atoms in total. The molecule has 4 aliphatic rings. The Bertz CT molecular complexity index is 1860. The molecule has 15 heteroatoms. The number of carbonyl (C=O) groups excluding carboxylic acids is 1. The predicted octanol–water partition coefficient (Wildman–Crippen LogP) is 3.34. The predicted molar refractivity (Wildman–Crippen MR) is 184 cm³/mol. The fourth-order valence-corrected chi connectivity index (χ4v) is 10.2. The molecule has 0 bridgehead atoms. The summed E-state index contributed by atoms with van der Waals surface area (Å²) < 4.78 is 45.8. The summed E-state index contributed by atoms with van der Waals surface area (Å²) in [5.74, 6) is 1.87. The van der Waals surface area contributed by atoms with Crippen LogP contribution in [0.4, 0.5) is 27.8 Å². The smallest absolute Gasteiger partial charge is 0.246 e. The first-order valence-corrected chi connectivity index (χ1v) is 18.6. The molecular formula is C34H43FN8O5S. The van der Waals surface area contributed by atoms with Crippen LogP contribution in [-0.4, -0.2) is 113 Å². The van der Waals surface area contributed by atoms with Gasteiger partial charge in [0.15, 0.2) is 9.84 Å². The van der Waals surface area contributed by atoms with E-state index in [-0.39, 0.29) is 43.0 Å². The Balaban J connectivity index is 1.18. The number of hydrogen-bond donors (Lipinski definition) is 2. The van der Waals surface area contributed by atoms with Gasteiger partial charge in [0, 0.05) is 68.7 Å². The van der Waals surface area contributed by atoms with Gasteiger partial charge in [0.1, 0.15) is 23.6 Å². The van der Waals surface area contributed by atoms with Gasteiger partial charge in [0.25, 0.3) is 0 Å². The maximum Gasteiger partial charge on any atom is 0.246 e. The fourth-order valence-electron chi connectivity index (χ4n) is 7.79. The standard InChI is InChI=1S/C34H43FN8O5S/c1-4-31(44)43-11-5-6-26(43)23-16-38-32(42-18-21(19-42)28-15-34(2,45)9-13-49(28,46)47)24-17-37-30(14-22(23)24)39-29-7-10-36-33(40-29)41-12-8-27(48-3)25(35)20-41/h4,7,10,14,16-17,21,25-28,45H,1,5-6,8-9,11-13,15,18-20H2,2-3H3,(H,36,37,39,40)/t25-,26?,27+,28?,34?/m0/s1. The van der Waals surface area contributed by atoms with Crippen molar-refractivity contribution in [3.8, 4) is 0 Å². The SMILES string of the molecule is C=CC(=O)N1CCCC1c1cnc(N2CC(C3CC(C)(O)CCS3(=O)=O)C2)c2cnc(Nc3ccnc(N4CC[C@@H](OC)[C@@H](F)C4)n3)cc12. The van der Waals surface area contributed by atoms with Gasteiger partial charge < -0.3 is 29.9 Å². The number of carbonyl (C=O) groups is 1.